The van der Waals surface area contributed by atoms with E-state index < -0.39 is 27.2 Å². The molecule has 1 fully saturated rings. The van der Waals surface area contributed by atoms with Crippen LogP contribution in [0.5, 0.6) is 0 Å². The molecule has 1 aliphatic heterocycles. The van der Waals surface area contributed by atoms with Crippen molar-refractivity contribution in [2.75, 3.05) is 5.32 Å². The highest BCUT2D eigenvalue weighted by Crippen LogP contribution is 2.29. The number of hydrogen-bond acceptors (Lipinski definition) is 9. The normalized spacial score (nSPS) is 16.6. The van der Waals surface area contributed by atoms with Gasteiger partial charge in [-0.05, 0) is 0 Å². The van der Waals surface area contributed by atoms with E-state index in [1.165, 1.54) is 18.2 Å². The minimum atomic E-state index is -0.767. The molecule has 128 valence electrons. The number of imide groups is 1. The monoisotopic (exact) mass is 379 g/mol. The lowest BCUT2D eigenvalue weighted by molar-refractivity contribution is -0.384. The van der Waals surface area contributed by atoms with Crippen molar-refractivity contribution in [3.05, 3.63) is 34.4 Å². The van der Waals surface area contributed by atoms with Crippen LogP contribution < -0.4 is 10.6 Å². The van der Waals surface area contributed by atoms with E-state index >= 15 is 0 Å². The van der Waals surface area contributed by atoms with Gasteiger partial charge in [0.15, 0.2) is 0 Å². The van der Waals surface area contributed by atoms with Crippen LogP contribution in [-0.2, 0) is 9.59 Å². The number of carbonyl (C=O) groups excluding carboxylic acids is 3. The average Bonchev–Trinajstić information content (AvgIpc) is 3.14. The first-order chi connectivity index (χ1) is 11.9. The molecule has 2 aromatic rings. The van der Waals surface area contributed by atoms with Crippen LogP contribution in [0.2, 0.25) is 0 Å². The Balaban J connectivity index is 1.66. The first-order valence-corrected chi connectivity index (χ1v) is 8.51. The second kappa shape index (κ2) is 6.94. The third-order valence-electron chi connectivity index (χ3n) is 3.11. The van der Waals surface area contributed by atoms with E-state index in [2.05, 4.69) is 20.8 Å². The van der Waals surface area contributed by atoms with Crippen molar-refractivity contribution in [3.63, 3.8) is 0 Å². The van der Waals surface area contributed by atoms with Gasteiger partial charge in [0.1, 0.15) is 10.3 Å². The van der Waals surface area contributed by atoms with Gasteiger partial charge >= 0.3 is 0 Å². The largest absolute Gasteiger partial charge is 0.300 e. The summed E-state index contributed by atoms with van der Waals surface area (Å²) in [5.41, 5.74) is 0.427. The Morgan fingerprint density at radius 3 is 2.84 bits per heavy atom. The van der Waals surface area contributed by atoms with Gasteiger partial charge in [-0.1, -0.05) is 35.2 Å². The maximum absolute atomic E-state index is 11.9. The summed E-state index contributed by atoms with van der Waals surface area (Å²) in [6.45, 7) is 0. The van der Waals surface area contributed by atoms with Crippen LogP contribution in [-0.4, -0.2) is 37.4 Å². The van der Waals surface area contributed by atoms with Crippen LogP contribution in [0.4, 0.5) is 15.6 Å². The molecule has 1 aromatic carbocycles. The molecular weight excluding hydrogens is 370 g/mol. The molecule has 0 bridgehead atoms. The molecule has 0 saturated carbocycles. The summed E-state index contributed by atoms with van der Waals surface area (Å²) in [7, 11) is 0. The summed E-state index contributed by atoms with van der Waals surface area (Å²) >= 11 is 1.80. The number of amides is 3. The van der Waals surface area contributed by atoms with E-state index in [1.807, 2.05) is 0 Å². The second-order valence-electron chi connectivity index (χ2n) is 4.86. The molecule has 1 atom stereocenters. The minimum absolute atomic E-state index is 0.0766. The van der Waals surface area contributed by atoms with Gasteiger partial charge in [0.05, 0.1) is 4.92 Å². The van der Waals surface area contributed by atoms with E-state index in [1.54, 1.807) is 6.07 Å². The van der Waals surface area contributed by atoms with E-state index in [4.69, 9.17) is 0 Å². The Bertz CT molecular complexity index is 883. The van der Waals surface area contributed by atoms with Gasteiger partial charge in [-0.3, -0.25) is 29.8 Å². The number of nitrogens with zero attached hydrogens (tertiary/aromatic N) is 3. The summed E-state index contributed by atoms with van der Waals surface area (Å²) in [5.74, 6) is -0.983. The van der Waals surface area contributed by atoms with Gasteiger partial charge in [-0.2, -0.15) is 0 Å². The summed E-state index contributed by atoms with van der Waals surface area (Å²) < 4.78 is 0. The van der Waals surface area contributed by atoms with Crippen LogP contribution in [0, 0.1) is 10.1 Å². The molecule has 1 aromatic heterocycles. The lowest BCUT2D eigenvalue weighted by Gasteiger charge is -2.03. The summed E-state index contributed by atoms with van der Waals surface area (Å²) in [6.07, 6.45) is -0.173. The van der Waals surface area contributed by atoms with E-state index in [-0.39, 0.29) is 17.2 Å². The number of thioether (sulfide) groups is 1. The Labute approximate surface area is 148 Å². The molecule has 10 nitrogen and oxygen atoms in total. The van der Waals surface area contributed by atoms with E-state index in [9.17, 15) is 24.5 Å². The highest BCUT2D eigenvalue weighted by Gasteiger charge is 2.33. The molecule has 25 heavy (non-hydrogen) atoms. The van der Waals surface area contributed by atoms with Crippen LogP contribution in [0.25, 0.3) is 10.6 Å². The number of hydrogen-bond donors (Lipinski definition) is 2. The third-order valence-corrected chi connectivity index (χ3v) is 4.98. The Morgan fingerprint density at radius 2 is 2.16 bits per heavy atom. The van der Waals surface area contributed by atoms with Gasteiger partial charge in [0, 0.05) is 24.1 Å². The van der Waals surface area contributed by atoms with Gasteiger partial charge < -0.3 is 5.32 Å². The fourth-order valence-corrected chi connectivity index (χ4v) is 3.58. The summed E-state index contributed by atoms with van der Waals surface area (Å²) in [5, 5.41) is 22.5. The van der Waals surface area contributed by atoms with E-state index in [0.29, 0.717) is 10.6 Å². The molecule has 0 spiro atoms. The molecule has 0 radical (unpaired) electrons. The van der Waals surface area contributed by atoms with Crippen LogP contribution >= 0.6 is 23.1 Å². The molecule has 1 saturated heterocycles. The van der Waals surface area contributed by atoms with E-state index in [0.717, 1.165) is 23.1 Å². The molecule has 2 N–H and O–H groups in total. The van der Waals surface area contributed by atoms with Gasteiger partial charge in [0.2, 0.25) is 16.9 Å². The van der Waals surface area contributed by atoms with Crippen LogP contribution in [0.1, 0.15) is 6.42 Å². The highest BCUT2D eigenvalue weighted by atomic mass is 32.2. The van der Waals surface area contributed by atoms with Gasteiger partial charge in [-0.15, -0.1) is 10.2 Å². The molecule has 3 rings (SSSR count). The predicted molar refractivity (Wildman–Crippen MR) is 90.2 cm³/mol. The topological polar surface area (TPSA) is 144 Å². The number of nitrogens with one attached hydrogen (secondary N) is 2. The quantitative estimate of drug-likeness (QED) is 0.591. The maximum Gasteiger partial charge on any atom is 0.286 e. The molecule has 1 unspecified atom stereocenters. The molecule has 0 aliphatic carbocycles. The van der Waals surface area contributed by atoms with Crippen molar-refractivity contribution in [1.29, 1.82) is 0 Å². The Kier molecular flexibility index (Phi) is 4.72. The first-order valence-electron chi connectivity index (χ1n) is 6.82. The van der Waals surface area contributed by atoms with Gasteiger partial charge in [-0.25, -0.2) is 0 Å². The number of carbonyl (C=O) groups is 3. The molecule has 1 aliphatic rings. The number of nitro benzene ring substituents is 1. The lowest BCUT2D eigenvalue weighted by Crippen LogP contribution is -2.27. The standard InChI is InChI=1S/C13H9N5O5S2/c19-9(5-8-10(20)15-13(21)24-8)14-12-17-16-11(25-12)6-2-1-3-7(4-6)18(22)23/h1-4,8H,5H2,(H,14,17,19)(H,15,20,21). The number of aromatic nitrogens is 2. The zero-order valence-electron chi connectivity index (χ0n) is 12.3. The molecule has 2 heterocycles. The third kappa shape index (κ3) is 3.97. The number of anilines is 1. The average molecular weight is 379 g/mol. The predicted octanol–water partition coefficient (Wildman–Crippen LogP) is 1.79. The Hall–Kier alpha value is -2.86. The van der Waals surface area contributed by atoms with Crippen molar-refractivity contribution in [1.82, 2.24) is 15.5 Å². The van der Waals surface area contributed by atoms with Crippen molar-refractivity contribution < 1.29 is 19.3 Å². The summed E-state index contributed by atoms with van der Waals surface area (Å²) in [4.78, 5) is 44.7. The van der Waals surface area contributed by atoms with Crippen molar-refractivity contribution in [3.8, 4) is 10.6 Å². The van der Waals surface area contributed by atoms with Gasteiger partial charge in [0.25, 0.3) is 10.9 Å². The molecular formula is C13H9N5O5S2. The number of non-ortho nitro benzene ring substituents is 1. The zero-order valence-corrected chi connectivity index (χ0v) is 13.9. The lowest BCUT2D eigenvalue weighted by atomic mass is 10.2. The number of benzene rings is 1. The second-order valence-corrected chi connectivity index (χ2v) is 7.01. The van der Waals surface area contributed by atoms with Crippen LogP contribution in [0.15, 0.2) is 24.3 Å². The fraction of sp³-hybridized carbons (Fsp3) is 0.154. The Morgan fingerprint density at radius 1 is 1.36 bits per heavy atom. The fourth-order valence-electron chi connectivity index (χ4n) is 2.01. The smallest absolute Gasteiger partial charge is 0.286 e. The van der Waals surface area contributed by atoms with Crippen molar-refractivity contribution in [2.45, 2.75) is 11.7 Å². The SMILES string of the molecule is O=C(CC1SC(=O)NC1=O)Nc1nnc(-c2cccc([N+](=O)[O-])c2)s1. The molecule has 12 heteroatoms. The highest BCUT2D eigenvalue weighted by molar-refractivity contribution is 8.15. The van der Waals surface area contributed by atoms with Crippen molar-refractivity contribution >= 4 is 51.0 Å². The van der Waals surface area contributed by atoms with Crippen LogP contribution in [0.3, 0.4) is 0 Å². The first kappa shape index (κ1) is 17.0. The minimum Gasteiger partial charge on any atom is -0.300 e. The number of nitro groups is 1. The zero-order chi connectivity index (χ0) is 18.0. The van der Waals surface area contributed by atoms with Crippen molar-refractivity contribution in [2.24, 2.45) is 0 Å². The summed E-state index contributed by atoms with van der Waals surface area (Å²) in [6, 6.07) is 5.89. The molecule has 3 amide bonds. The maximum atomic E-state index is 11.9. The number of rotatable bonds is 5.